The van der Waals surface area contributed by atoms with Crippen LogP contribution in [0.2, 0.25) is 0 Å². The summed E-state index contributed by atoms with van der Waals surface area (Å²) < 4.78 is 67.5. The Morgan fingerprint density at radius 1 is 0.527 bits per heavy atom. The molecule has 0 unspecified atom stereocenters. The van der Waals surface area contributed by atoms with Gasteiger partial charge in [0.25, 0.3) is 11.4 Å². The molecule has 18 nitrogen and oxygen atoms in total. The predicted octanol–water partition coefficient (Wildman–Crippen LogP) is 7.78. The van der Waals surface area contributed by atoms with Crippen LogP contribution in [0.1, 0.15) is 11.1 Å². The monoisotopic (exact) mass is 812 g/mol. The van der Waals surface area contributed by atoms with E-state index in [1.54, 1.807) is 26.0 Å². The average molecular weight is 813 g/mol. The molecule has 6 aromatic rings. The van der Waals surface area contributed by atoms with Crippen molar-refractivity contribution in [1.29, 1.82) is 0 Å². The summed E-state index contributed by atoms with van der Waals surface area (Å²) >= 11 is 0. The number of phenols is 2. The van der Waals surface area contributed by atoms with Crippen LogP contribution in [-0.2, 0) is 20.2 Å². The molecule has 2 N–H and O–H groups in total. The first kappa shape index (κ1) is 42.3. The summed E-state index contributed by atoms with van der Waals surface area (Å²) in [6.07, 6.45) is 0. The van der Waals surface area contributed by atoms with E-state index < -0.39 is 39.9 Å². The number of hydrogen-bond acceptors (Lipinski definition) is 16. The molecule has 0 atom stereocenters. The molecule has 0 saturated heterocycles. The number of rotatable bonds is 8. The quantitative estimate of drug-likeness (QED) is 0.0489. The van der Waals surface area contributed by atoms with Crippen LogP contribution in [0.3, 0.4) is 0 Å². The van der Waals surface area contributed by atoms with Gasteiger partial charge in [-0.15, -0.1) is 10.2 Å². The van der Waals surface area contributed by atoms with Gasteiger partial charge in [0.15, 0.2) is 0 Å². The number of azo groups is 2. The zero-order valence-electron chi connectivity index (χ0n) is 28.4. The van der Waals surface area contributed by atoms with Gasteiger partial charge in [0.1, 0.15) is 43.1 Å². The largest absolute Gasteiger partial charge is 2.00 e. The average Bonchev–Trinajstić information content (AvgIpc) is 3.10. The molecule has 0 aliphatic carbocycles. The maximum absolute atomic E-state index is 11.3. The fraction of sp³-hybridized carbons (Fsp3) is 0.0588. The van der Waals surface area contributed by atoms with Crippen molar-refractivity contribution in [2.45, 2.75) is 23.6 Å². The van der Waals surface area contributed by atoms with Crippen molar-refractivity contribution in [2.75, 3.05) is 0 Å². The fourth-order valence-corrected chi connectivity index (χ4v) is 6.00. The van der Waals surface area contributed by atoms with Crippen LogP contribution in [0, 0.1) is 34.1 Å². The van der Waals surface area contributed by atoms with Gasteiger partial charge in [-0.2, -0.15) is 10.2 Å². The van der Waals surface area contributed by atoms with E-state index in [9.17, 15) is 56.4 Å². The maximum atomic E-state index is 11.3. The van der Waals surface area contributed by atoms with E-state index in [1.165, 1.54) is 72.8 Å². The standard InChI is InChI=1S/2C17H13N3O6S.Ca/c2*1-10-8-12(20(22)23)4-6-15(10)18-19-17-14-9-13(27(24,25)26)5-2-11(14)3-7-16(17)21;/h2*2-9,21H,1H3,(H,24,25,26);/q;;+2/p-2. The van der Waals surface area contributed by atoms with Gasteiger partial charge in [-0.25, -0.2) is 16.8 Å². The minimum Gasteiger partial charge on any atom is -0.744 e. The molecule has 0 saturated carbocycles. The summed E-state index contributed by atoms with van der Waals surface area (Å²) in [6, 6.07) is 21.3. The maximum Gasteiger partial charge on any atom is 2.00 e. The van der Waals surface area contributed by atoms with E-state index >= 15 is 0 Å². The van der Waals surface area contributed by atoms with Gasteiger partial charge in [0, 0.05) is 35.0 Å². The second-order valence-corrected chi connectivity index (χ2v) is 14.2. The van der Waals surface area contributed by atoms with Crippen LogP contribution in [0.15, 0.2) is 127 Å². The number of aryl methyl sites for hydroxylation is 2. The first-order valence-corrected chi connectivity index (χ1v) is 17.9. The SMILES string of the molecule is Cc1cc([N+](=O)[O-])ccc1N=Nc1c(O)ccc2ccc(S(=O)(=O)[O-])cc12.Cc1cc([N+](=O)[O-])ccc1N=Nc1c(O)ccc2ccc(S(=O)(=O)[O-])cc12.[Ca+2]. The van der Waals surface area contributed by atoms with Crippen LogP contribution in [-0.4, -0.2) is 83.7 Å². The van der Waals surface area contributed by atoms with Crippen molar-refractivity contribution in [1.82, 2.24) is 0 Å². The summed E-state index contributed by atoms with van der Waals surface area (Å²) in [5, 5.41) is 59.3. The minimum atomic E-state index is -4.68. The van der Waals surface area contributed by atoms with Gasteiger partial charge >= 0.3 is 37.7 Å². The van der Waals surface area contributed by atoms with Crippen molar-refractivity contribution in [2.24, 2.45) is 20.5 Å². The number of aromatic hydroxyl groups is 2. The number of nitrogens with zero attached hydrogens (tertiary/aromatic N) is 6. The van der Waals surface area contributed by atoms with Crippen molar-refractivity contribution < 1.29 is 46.0 Å². The van der Waals surface area contributed by atoms with Gasteiger partial charge in [0.05, 0.1) is 31.0 Å². The first-order chi connectivity index (χ1) is 25.3. The van der Waals surface area contributed by atoms with Crippen LogP contribution >= 0.6 is 0 Å². The Hall–Kier alpha value is -5.48. The minimum absolute atomic E-state index is 0. The van der Waals surface area contributed by atoms with Crippen LogP contribution in [0.4, 0.5) is 34.1 Å². The Morgan fingerprint density at radius 2 is 0.873 bits per heavy atom. The van der Waals surface area contributed by atoms with Gasteiger partial charge in [-0.1, -0.05) is 24.3 Å². The number of nitro benzene ring substituents is 2. The molecular weight excluding hydrogens is 789 g/mol. The number of nitro groups is 2. The second-order valence-electron chi connectivity index (χ2n) is 11.4. The normalized spacial score (nSPS) is 11.7. The van der Waals surface area contributed by atoms with Crippen molar-refractivity contribution in [3.8, 4) is 11.5 Å². The van der Waals surface area contributed by atoms with Crippen LogP contribution in [0.25, 0.3) is 21.5 Å². The number of hydrogen-bond donors (Lipinski definition) is 2. The van der Waals surface area contributed by atoms with Gasteiger partial charge in [-0.05, 0) is 84.3 Å². The molecule has 0 aromatic heterocycles. The molecule has 0 amide bonds. The number of fused-ring (bicyclic) bond motifs is 2. The molecule has 0 heterocycles. The zero-order chi connectivity index (χ0) is 39.5. The van der Waals surface area contributed by atoms with E-state index in [1.807, 2.05) is 0 Å². The third-order valence-electron chi connectivity index (χ3n) is 7.76. The second kappa shape index (κ2) is 16.9. The van der Waals surface area contributed by atoms with E-state index in [0.717, 1.165) is 12.1 Å². The molecule has 0 bridgehead atoms. The Bertz CT molecular complexity index is 2610. The molecule has 6 aromatic carbocycles. The predicted molar refractivity (Wildman–Crippen MR) is 197 cm³/mol. The number of phenolic OH excluding ortho intramolecular Hbond substituents is 2. The van der Waals surface area contributed by atoms with E-state index in [4.69, 9.17) is 0 Å². The molecule has 0 radical (unpaired) electrons. The molecule has 55 heavy (non-hydrogen) atoms. The molecule has 21 heteroatoms. The summed E-state index contributed by atoms with van der Waals surface area (Å²) in [5.74, 6) is -0.516. The molecule has 0 fully saturated rings. The van der Waals surface area contributed by atoms with Crippen molar-refractivity contribution >= 4 is 114 Å². The summed E-state index contributed by atoms with van der Waals surface area (Å²) in [4.78, 5) is 19.6. The summed E-state index contributed by atoms with van der Waals surface area (Å²) in [7, 11) is -9.36. The Morgan fingerprint density at radius 3 is 1.18 bits per heavy atom. The number of non-ortho nitro benzene ring substituents is 2. The number of benzene rings is 6. The molecule has 6 rings (SSSR count). The van der Waals surface area contributed by atoms with Gasteiger partial charge < -0.3 is 19.3 Å². The molecule has 276 valence electrons. The first-order valence-electron chi connectivity index (χ1n) is 15.1. The van der Waals surface area contributed by atoms with E-state index in [-0.39, 0.29) is 82.8 Å². The van der Waals surface area contributed by atoms with Gasteiger partial charge in [0.2, 0.25) is 0 Å². The fourth-order valence-electron chi connectivity index (χ4n) is 5.00. The smallest absolute Gasteiger partial charge is 0.744 e. The van der Waals surface area contributed by atoms with E-state index in [0.29, 0.717) is 33.3 Å². The molecule has 0 aliphatic heterocycles. The third kappa shape index (κ3) is 9.99. The van der Waals surface area contributed by atoms with E-state index in [2.05, 4.69) is 20.5 Å². The summed E-state index contributed by atoms with van der Waals surface area (Å²) in [6.45, 7) is 3.23. The summed E-state index contributed by atoms with van der Waals surface area (Å²) in [5.41, 5.74) is 1.45. The van der Waals surface area contributed by atoms with Crippen LogP contribution in [0.5, 0.6) is 11.5 Å². The molecular formula is C34H24CaN6O12S2. The topological polar surface area (TPSA) is 291 Å². The van der Waals surface area contributed by atoms with Gasteiger partial charge in [-0.3, -0.25) is 20.2 Å². The third-order valence-corrected chi connectivity index (χ3v) is 9.42. The Balaban J connectivity index is 0.000000240. The van der Waals surface area contributed by atoms with Crippen molar-refractivity contribution in [3.63, 3.8) is 0 Å². The zero-order valence-corrected chi connectivity index (χ0v) is 32.3. The Kier molecular flexibility index (Phi) is 13.0. The van der Waals surface area contributed by atoms with Crippen LogP contribution < -0.4 is 0 Å². The van der Waals surface area contributed by atoms with Crippen molar-refractivity contribution in [3.05, 3.63) is 128 Å². The molecule has 0 spiro atoms. The Labute approximate surface area is 341 Å². The molecule has 0 aliphatic rings.